The van der Waals surface area contributed by atoms with E-state index in [2.05, 4.69) is 0 Å². The quantitative estimate of drug-likeness (QED) is 0.613. The molecule has 54 valence electrons. The third-order valence-electron chi connectivity index (χ3n) is 1.09. The molecule has 1 aromatic rings. The molecule has 0 heterocycles. The van der Waals surface area contributed by atoms with Crippen molar-refractivity contribution in [1.29, 1.82) is 0 Å². The van der Waals surface area contributed by atoms with E-state index in [-0.39, 0.29) is 0 Å². The van der Waals surface area contributed by atoms with Crippen LogP contribution in [0.2, 0.25) is 0 Å². The van der Waals surface area contributed by atoms with Gasteiger partial charge in [-0.25, -0.2) is 0 Å². The Morgan fingerprint density at radius 1 is 1.10 bits per heavy atom. The van der Waals surface area contributed by atoms with Crippen molar-refractivity contribution < 1.29 is 0 Å². The first kappa shape index (κ1) is 8.51. The van der Waals surface area contributed by atoms with Gasteiger partial charge in [0.05, 0.1) is 0 Å². The number of nitrogens with two attached hydrogens (primary N) is 1. The van der Waals surface area contributed by atoms with Crippen molar-refractivity contribution in [2.24, 2.45) is 0 Å². The molecule has 0 aliphatic carbocycles. The normalized spacial score (nSPS) is 10.3. The van der Waals surface area contributed by atoms with E-state index in [4.69, 9.17) is 23.4 Å². The minimum atomic E-state index is -2.05. The molecule has 1 nitrogen and oxygen atoms in total. The molecule has 0 radical (unpaired) electrons. The molecule has 0 saturated heterocycles. The number of nitrogen functional groups attached to an aromatic ring is 1. The predicted octanol–water partition coefficient (Wildman–Crippen LogP) is 1.44. The van der Waals surface area contributed by atoms with Gasteiger partial charge in [-0.1, -0.05) is 0 Å². The fourth-order valence-corrected chi connectivity index (χ4v) is 3.17. The van der Waals surface area contributed by atoms with Crippen LogP contribution in [0.15, 0.2) is 24.3 Å². The third kappa shape index (κ3) is 2.23. The van der Waals surface area contributed by atoms with Gasteiger partial charge < -0.3 is 0 Å². The van der Waals surface area contributed by atoms with Crippen LogP contribution < -0.4 is 9.24 Å². The minimum absolute atomic E-state index is 0.749. The summed E-state index contributed by atoms with van der Waals surface area (Å²) in [5.41, 5.74) is 6.21. The van der Waals surface area contributed by atoms with Crippen molar-refractivity contribution in [3.05, 3.63) is 24.3 Å². The molecular weight excluding hydrogens is 279 g/mol. The van der Waals surface area contributed by atoms with Crippen LogP contribution in [-0.4, -0.2) is 17.9 Å². The van der Waals surface area contributed by atoms with E-state index in [9.17, 15) is 0 Å². The molecule has 0 saturated carbocycles. The number of benzene rings is 1. The fraction of sp³-hybridized carbons (Fsp3) is 0. The van der Waals surface area contributed by atoms with Crippen LogP contribution >= 0.6 is 17.7 Å². The topological polar surface area (TPSA) is 26.0 Å². The zero-order valence-corrected chi connectivity index (χ0v) is 9.15. The monoisotopic (exact) mass is 283 g/mol. The molecule has 0 fully saturated rings. The summed E-state index contributed by atoms with van der Waals surface area (Å²) >= 11 is -2.05. The molecule has 4 heteroatoms. The van der Waals surface area contributed by atoms with Crippen molar-refractivity contribution in [3.8, 4) is 0 Å². The summed E-state index contributed by atoms with van der Waals surface area (Å²) in [6.45, 7) is 0. The average Bonchev–Trinajstić information content (AvgIpc) is 1.88. The first-order valence-corrected chi connectivity index (χ1v) is 10.4. The standard InChI is InChI=1S/C6H6N.2ClH.Sb/c7-6-4-2-1-3-5-6;;;/h2-5H,7H2;2*1H;/q;;;+2/p-2. The van der Waals surface area contributed by atoms with E-state index in [1.54, 1.807) is 0 Å². The SMILES string of the molecule is Nc1cc[c]([Sb]([Cl])[Cl])cc1. The van der Waals surface area contributed by atoms with Gasteiger partial charge in [0.25, 0.3) is 0 Å². The van der Waals surface area contributed by atoms with E-state index in [1.807, 2.05) is 24.3 Å². The molecule has 10 heavy (non-hydrogen) atoms. The van der Waals surface area contributed by atoms with E-state index in [0.29, 0.717) is 0 Å². The Bertz CT molecular complexity index is 209. The Hall–Kier alpha value is 0.418. The number of hydrogen-bond acceptors (Lipinski definition) is 1. The summed E-state index contributed by atoms with van der Waals surface area (Å²) < 4.78 is 1.06. The molecule has 0 aliphatic heterocycles. The van der Waals surface area contributed by atoms with E-state index in [0.717, 1.165) is 9.20 Å². The maximum absolute atomic E-state index is 5.76. The van der Waals surface area contributed by atoms with Crippen molar-refractivity contribution >= 4 is 44.8 Å². The Labute approximate surface area is 74.4 Å². The molecule has 0 atom stereocenters. The first-order chi connectivity index (χ1) is 4.70. The Morgan fingerprint density at radius 2 is 1.60 bits per heavy atom. The zero-order valence-electron chi connectivity index (χ0n) is 5.09. The molecular formula is C6H6Cl2NSb. The van der Waals surface area contributed by atoms with E-state index in [1.165, 1.54) is 0 Å². The Kier molecular flexibility index (Phi) is 3.16. The molecule has 0 aromatic heterocycles. The van der Waals surface area contributed by atoms with Crippen molar-refractivity contribution in [3.63, 3.8) is 0 Å². The van der Waals surface area contributed by atoms with Gasteiger partial charge in [-0.15, -0.1) is 0 Å². The second kappa shape index (κ2) is 3.71. The van der Waals surface area contributed by atoms with Crippen molar-refractivity contribution in [2.75, 3.05) is 5.73 Å². The van der Waals surface area contributed by atoms with Crippen LogP contribution in [0.25, 0.3) is 0 Å². The van der Waals surface area contributed by atoms with Crippen LogP contribution in [0, 0.1) is 0 Å². The summed E-state index contributed by atoms with van der Waals surface area (Å²) in [6, 6.07) is 7.41. The van der Waals surface area contributed by atoms with Crippen LogP contribution in [0.5, 0.6) is 0 Å². The van der Waals surface area contributed by atoms with E-state index >= 15 is 0 Å². The Balaban J connectivity index is 2.89. The van der Waals surface area contributed by atoms with Crippen molar-refractivity contribution in [2.45, 2.75) is 0 Å². The van der Waals surface area contributed by atoms with Gasteiger partial charge >= 0.3 is 74.8 Å². The van der Waals surface area contributed by atoms with Gasteiger partial charge in [-0.2, -0.15) is 0 Å². The third-order valence-corrected chi connectivity index (χ3v) is 5.67. The summed E-state index contributed by atoms with van der Waals surface area (Å²) in [5.74, 6) is 0. The molecule has 0 amide bonds. The second-order valence-corrected chi connectivity index (χ2v) is 10.3. The van der Waals surface area contributed by atoms with Gasteiger partial charge in [-0.05, 0) is 0 Å². The molecule has 0 aliphatic rings. The number of rotatable bonds is 1. The average molecular weight is 285 g/mol. The molecule has 0 bridgehead atoms. The van der Waals surface area contributed by atoms with Gasteiger partial charge in [0, 0.05) is 0 Å². The van der Waals surface area contributed by atoms with Crippen LogP contribution in [-0.2, 0) is 0 Å². The van der Waals surface area contributed by atoms with Crippen molar-refractivity contribution in [1.82, 2.24) is 0 Å². The molecule has 1 rings (SSSR count). The maximum atomic E-state index is 5.76. The van der Waals surface area contributed by atoms with Crippen LogP contribution in [0.1, 0.15) is 0 Å². The number of anilines is 1. The van der Waals surface area contributed by atoms with Gasteiger partial charge in [0.1, 0.15) is 0 Å². The molecule has 1 aromatic carbocycles. The fourth-order valence-electron chi connectivity index (χ4n) is 0.587. The molecule has 0 unspecified atom stereocenters. The van der Waals surface area contributed by atoms with E-state index < -0.39 is 17.9 Å². The summed E-state index contributed by atoms with van der Waals surface area (Å²) in [7, 11) is 11.5. The summed E-state index contributed by atoms with van der Waals surface area (Å²) in [4.78, 5) is 0. The predicted molar refractivity (Wildman–Crippen MR) is 47.9 cm³/mol. The summed E-state index contributed by atoms with van der Waals surface area (Å²) in [5, 5.41) is 0. The first-order valence-electron chi connectivity index (χ1n) is 2.67. The van der Waals surface area contributed by atoms with Gasteiger partial charge in [0.2, 0.25) is 0 Å². The summed E-state index contributed by atoms with van der Waals surface area (Å²) in [6.07, 6.45) is 0. The van der Waals surface area contributed by atoms with Gasteiger partial charge in [0.15, 0.2) is 0 Å². The second-order valence-electron chi connectivity index (χ2n) is 1.82. The number of hydrogen-bond donors (Lipinski definition) is 1. The zero-order chi connectivity index (χ0) is 7.56. The van der Waals surface area contributed by atoms with Crippen LogP contribution in [0.3, 0.4) is 0 Å². The molecule has 0 spiro atoms. The molecule has 2 N–H and O–H groups in total. The Morgan fingerprint density at radius 3 is 2.00 bits per heavy atom. The number of halogens is 2. The van der Waals surface area contributed by atoms with Gasteiger partial charge in [-0.3, -0.25) is 0 Å². The van der Waals surface area contributed by atoms with Crippen LogP contribution in [0.4, 0.5) is 5.69 Å².